The molecule has 0 saturated carbocycles. The van der Waals surface area contributed by atoms with Crippen molar-refractivity contribution in [3.8, 4) is 0 Å². The highest BCUT2D eigenvalue weighted by Gasteiger charge is 2.27. The van der Waals surface area contributed by atoms with Crippen molar-refractivity contribution in [1.82, 2.24) is 0 Å². The lowest BCUT2D eigenvalue weighted by molar-refractivity contribution is -0.110. The van der Waals surface area contributed by atoms with Crippen LogP contribution in [-0.2, 0) is 14.6 Å². The maximum absolute atomic E-state index is 12.7. The van der Waals surface area contributed by atoms with Gasteiger partial charge in [-0.25, -0.2) is 13.4 Å². The van der Waals surface area contributed by atoms with Crippen molar-refractivity contribution in [2.24, 2.45) is 4.99 Å². The van der Waals surface area contributed by atoms with E-state index in [0.29, 0.717) is 11.4 Å². The van der Waals surface area contributed by atoms with Crippen LogP contribution in [0.15, 0.2) is 87.6 Å². The fraction of sp³-hybridized carbons (Fsp3) is 0.0526. The van der Waals surface area contributed by atoms with Crippen LogP contribution in [-0.4, -0.2) is 19.9 Å². The minimum absolute atomic E-state index is 0.0991. The molecule has 0 radical (unpaired) electrons. The second kappa shape index (κ2) is 6.37. The summed E-state index contributed by atoms with van der Waals surface area (Å²) >= 11 is 0. The molecule has 1 aliphatic carbocycles. The van der Waals surface area contributed by atoms with Gasteiger partial charge in [0.1, 0.15) is 4.91 Å². The first-order valence-corrected chi connectivity index (χ1v) is 8.85. The molecule has 0 N–H and O–H groups in total. The van der Waals surface area contributed by atoms with Crippen molar-refractivity contribution >= 4 is 27.0 Å². The minimum atomic E-state index is -3.87. The van der Waals surface area contributed by atoms with E-state index in [0.717, 1.165) is 5.56 Å². The van der Waals surface area contributed by atoms with Gasteiger partial charge in [-0.3, -0.25) is 4.79 Å². The van der Waals surface area contributed by atoms with Crippen molar-refractivity contribution < 1.29 is 13.2 Å². The zero-order valence-corrected chi connectivity index (χ0v) is 13.8. The van der Waals surface area contributed by atoms with Gasteiger partial charge in [0.2, 0.25) is 9.84 Å². The Balaban J connectivity index is 2.04. The molecule has 2 aromatic carbocycles. The quantitative estimate of drug-likeness (QED) is 0.804. The van der Waals surface area contributed by atoms with E-state index in [1.54, 1.807) is 24.3 Å². The summed E-state index contributed by atoms with van der Waals surface area (Å²) < 4.78 is 25.5. The minimum Gasteiger partial charge on any atom is -0.288 e. The summed E-state index contributed by atoms with van der Waals surface area (Å²) in [6.45, 7) is 1.87. The second-order valence-electron chi connectivity index (χ2n) is 5.39. The molecule has 0 aliphatic heterocycles. The molecule has 0 saturated heterocycles. The van der Waals surface area contributed by atoms with Gasteiger partial charge in [0, 0.05) is 0 Å². The van der Waals surface area contributed by atoms with Gasteiger partial charge in [0.15, 0.2) is 5.78 Å². The smallest absolute Gasteiger partial charge is 0.210 e. The SMILES string of the molecule is Cc1ccc(S(=O)(=O)C2=CC(=Nc3ccccc3)C=CC2=O)cc1. The predicted molar refractivity (Wildman–Crippen MR) is 94.1 cm³/mol. The van der Waals surface area contributed by atoms with Crippen LogP contribution in [0.3, 0.4) is 0 Å². The van der Waals surface area contributed by atoms with Crippen LogP contribution in [0.4, 0.5) is 5.69 Å². The standard InChI is InChI=1S/C19H15NO3S/c1-14-7-10-17(11-8-14)24(22,23)19-13-16(9-12-18(19)21)20-15-5-3-2-4-6-15/h2-13H,1H3. The number of nitrogens with zero attached hydrogens (tertiary/aromatic N) is 1. The highest BCUT2D eigenvalue weighted by molar-refractivity contribution is 7.96. The molecule has 0 atom stereocenters. The summed E-state index contributed by atoms with van der Waals surface area (Å²) in [6.07, 6.45) is 4.08. The van der Waals surface area contributed by atoms with Crippen LogP contribution < -0.4 is 0 Å². The Morgan fingerprint density at radius 3 is 2.21 bits per heavy atom. The molecule has 120 valence electrons. The van der Waals surface area contributed by atoms with Crippen LogP contribution in [0.2, 0.25) is 0 Å². The number of hydrogen-bond donors (Lipinski definition) is 0. The highest BCUT2D eigenvalue weighted by atomic mass is 32.2. The first-order valence-electron chi connectivity index (χ1n) is 7.36. The van der Waals surface area contributed by atoms with Gasteiger partial charge in [0.25, 0.3) is 0 Å². The molecule has 3 rings (SSSR count). The van der Waals surface area contributed by atoms with Crippen LogP contribution in [0.25, 0.3) is 0 Å². The number of aliphatic imine (C=N–C) groups is 1. The third-order valence-corrected chi connectivity index (χ3v) is 5.35. The maximum Gasteiger partial charge on any atom is 0.210 e. The molecule has 0 heterocycles. The summed E-state index contributed by atoms with van der Waals surface area (Å²) in [5.74, 6) is -0.539. The summed E-state index contributed by atoms with van der Waals surface area (Å²) in [4.78, 5) is 16.3. The van der Waals surface area contributed by atoms with Gasteiger partial charge in [-0.15, -0.1) is 0 Å². The van der Waals surface area contributed by atoms with Gasteiger partial charge < -0.3 is 0 Å². The molecular weight excluding hydrogens is 322 g/mol. The van der Waals surface area contributed by atoms with Crippen LogP contribution >= 0.6 is 0 Å². The molecule has 0 unspecified atom stereocenters. The number of carbonyl (C=O) groups is 1. The Morgan fingerprint density at radius 1 is 0.875 bits per heavy atom. The molecular formula is C19H15NO3S. The molecule has 4 nitrogen and oxygen atoms in total. The maximum atomic E-state index is 12.7. The van der Waals surface area contributed by atoms with Gasteiger partial charge in [-0.1, -0.05) is 35.9 Å². The van der Waals surface area contributed by atoms with Crippen LogP contribution in [0.5, 0.6) is 0 Å². The van der Waals surface area contributed by atoms with E-state index in [4.69, 9.17) is 0 Å². The molecule has 0 bridgehead atoms. The average Bonchev–Trinajstić information content (AvgIpc) is 2.58. The number of carbonyl (C=O) groups excluding carboxylic acids is 1. The van der Waals surface area contributed by atoms with Crippen LogP contribution in [0, 0.1) is 6.92 Å². The molecule has 1 aliphatic rings. The van der Waals surface area contributed by atoms with Crippen molar-refractivity contribution in [2.75, 3.05) is 0 Å². The first-order chi connectivity index (χ1) is 11.5. The molecule has 24 heavy (non-hydrogen) atoms. The Labute approximate surface area is 140 Å². The van der Waals surface area contributed by atoms with Crippen molar-refractivity contribution in [3.63, 3.8) is 0 Å². The van der Waals surface area contributed by atoms with E-state index in [2.05, 4.69) is 4.99 Å². The van der Waals surface area contributed by atoms with Crippen molar-refractivity contribution in [1.29, 1.82) is 0 Å². The third-order valence-electron chi connectivity index (χ3n) is 3.56. The molecule has 5 heteroatoms. The normalized spacial score (nSPS) is 16.3. The number of sulfone groups is 1. The van der Waals surface area contributed by atoms with E-state index in [1.165, 1.54) is 30.4 Å². The Morgan fingerprint density at radius 2 is 1.54 bits per heavy atom. The second-order valence-corrected chi connectivity index (χ2v) is 7.31. The Kier molecular flexibility index (Phi) is 4.27. The number of benzene rings is 2. The summed E-state index contributed by atoms with van der Waals surface area (Å²) in [6, 6.07) is 15.6. The lowest BCUT2D eigenvalue weighted by Gasteiger charge is -2.10. The zero-order chi connectivity index (χ0) is 17.2. The largest absolute Gasteiger partial charge is 0.288 e. The predicted octanol–water partition coefficient (Wildman–Crippen LogP) is 3.56. The van der Waals surface area contributed by atoms with Gasteiger partial charge in [-0.05, 0) is 49.4 Å². The molecule has 2 aromatic rings. The first kappa shape index (κ1) is 16.1. The fourth-order valence-corrected chi connectivity index (χ4v) is 3.63. The summed E-state index contributed by atoms with van der Waals surface area (Å²) in [7, 11) is -3.87. The van der Waals surface area contributed by atoms with E-state index in [1.807, 2.05) is 25.1 Å². The number of aryl methyl sites for hydroxylation is 1. The summed E-state index contributed by atoms with van der Waals surface area (Å²) in [5.41, 5.74) is 2.06. The number of allylic oxidation sites excluding steroid dienone is 4. The van der Waals surface area contributed by atoms with Crippen molar-refractivity contribution in [3.05, 3.63) is 83.3 Å². The fourth-order valence-electron chi connectivity index (χ4n) is 2.27. The average molecular weight is 337 g/mol. The number of hydrogen-bond acceptors (Lipinski definition) is 4. The number of ketones is 1. The van der Waals surface area contributed by atoms with E-state index >= 15 is 0 Å². The lowest BCUT2D eigenvalue weighted by Crippen LogP contribution is -2.17. The zero-order valence-electron chi connectivity index (χ0n) is 13.0. The lowest BCUT2D eigenvalue weighted by atomic mass is 10.1. The molecule has 0 spiro atoms. The molecule has 0 aromatic heterocycles. The summed E-state index contributed by atoms with van der Waals surface area (Å²) in [5, 5.41) is 0. The number of rotatable bonds is 3. The highest BCUT2D eigenvalue weighted by Crippen LogP contribution is 2.24. The van der Waals surface area contributed by atoms with Crippen LogP contribution in [0.1, 0.15) is 5.56 Å². The van der Waals surface area contributed by atoms with E-state index in [-0.39, 0.29) is 9.80 Å². The van der Waals surface area contributed by atoms with Gasteiger partial charge >= 0.3 is 0 Å². The Bertz CT molecular complexity index is 967. The van der Waals surface area contributed by atoms with E-state index < -0.39 is 15.6 Å². The third kappa shape index (κ3) is 3.26. The van der Waals surface area contributed by atoms with Gasteiger partial charge in [0.05, 0.1) is 16.3 Å². The number of para-hydroxylation sites is 1. The van der Waals surface area contributed by atoms with E-state index in [9.17, 15) is 13.2 Å². The Hall–Kier alpha value is -2.79. The van der Waals surface area contributed by atoms with Gasteiger partial charge in [-0.2, -0.15) is 0 Å². The molecule has 0 amide bonds. The monoisotopic (exact) mass is 337 g/mol. The topological polar surface area (TPSA) is 63.6 Å². The molecule has 0 fully saturated rings. The van der Waals surface area contributed by atoms with Crippen molar-refractivity contribution in [2.45, 2.75) is 11.8 Å².